The molecule has 1 heterocycles. The number of nitrogens with zero attached hydrogens (tertiary/aromatic N) is 3. The summed E-state index contributed by atoms with van der Waals surface area (Å²) in [6.45, 7) is 0. The molecule has 0 aliphatic carbocycles. The van der Waals surface area contributed by atoms with Crippen LogP contribution < -0.4 is 14.8 Å². The molecule has 3 aromatic rings. The van der Waals surface area contributed by atoms with Crippen LogP contribution in [0.3, 0.4) is 0 Å². The number of carbonyl (C=O) groups is 1. The van der Waals surface area contributed by atoms with Crippen LogP contribution in [0.2, 0.25) is 0 Å². The van der Waals surface area contributed by atoms with Gasteiger partial charge < -0.3 is 9.47 Å². The van der Waals surface area contributed by atoms with E-state index in [4.69, 9.17) is 9.47 Å². The van der Waals surface area contributed by atoms with Gasteiger partial charge in [0.05, 0.1) is 24.4 Å². The average molecular weight is 321 g/mol. The molecule has 0 atom stereocenters. The number of amides is 1. The smallest absolute Gasteiger partial charge is 0.439 e. The number of rotatable bonds is 3. The van der Waals surface area contributed by atoms with Gasteiger partial charge in [0.1, 0.15) is 11.5 Å². The highest BCUT2D eigenvalue weighted by molar-refractivity contribution is 5.71. The van der Waals surface area contributed by atoms with E-state index in [0.29, 0.717) is 16.9 Å². The summed E-state index contributed by atoms with van der Waals surface area (Å²) in [5, 5.41) is 4.65. The maximum Gasteiger partial charge on any atom is 0.439 e. The molecular weight excluding hydrogens is 306 g/mol. The van der Waals surface area contributed by atoms with E-state index in [1.165, 1.54) is 6.20 Å². The lowest BCUT2D eigenvalue weighted by atomic mass is 10.3. The number of hydrogen-bond acceptors (Lipinski definition) is 4. The number of aromatic nitrogens is 2. The fourth-order valence-corrected chi connectivity index (χ4v) is 2.02. The van der Waals surface area contributed by atoms with E-state index >= 15 is 0 Å². The Balaban J connectivity index is 1.72. The van der Waals surface area contributed by atoms with Crippen molar-refractivity contribution >= 4 is 6.09 Å². The predicted molar refractivity (Wildman–Crippen MR) is 88.1 cm³/mol. The molecule has 0 radical (unpaired) electrons. The minimum atomic E-state index is -0.709. The van der Waals surface area contributed by atoms with Gasteiger partial charge in [-0.2, -0.15) is 10.1 Å². The van der Waals surface area contributed by atoms with Crippen LogP contribution in [-0.4, -0.2) is 23.0 Å². The van der Waals surface area contributed by atoms with Gasteiger partial charge in [0.15, 0.2) is 0 Å². The van der Waals surface area contributed by atoms with Gasteiger partial charge in [-0.25, -0.2) is 9.48 Å². The van der Waals surface area contributed by atoms with Gasteiger partial charge in [-0.3, -0.25) is 0 Å². The second-order valence-electron chi connectivity index (χ2n) is 4.82. The third-order valence-corrected chi connectivity index (χ3v) is 3.21. The monoisotopic (exact) mass is 321 g/mol. The van der Waals surface area contributed by atoms with Crippen molar-refractivity contribution in [1.29, 1.82) is 0 Å². The first-order chi connectivity index (χ1) is 11.7. The molecule has 0 aliphatic rings. The largest absolute Gasteiger partial charge is 0.497 e. The number of ether oxygens (including phenoxy) is 2. The van der Waals surface area contributed by atoms with Crippen molar-refractivity contribution in [3.63, 3.8) is 0 Å². The fraction of sp³-hybridized carbons (Fsp3) is 0.0556. The van der Waals surface area contributed by atoms with Gasteiger partial charge in [-0.15, -0.1) is 0 Å². The van der Waals surface area contributed by atoms with Crippen LogP contribution in [0, 0.1) is 0 Å². The highest BCUT2D eigenvalue weighted by atomic mass is 16.5. The molecule has 1 amide bonds. The quantitative estimate of drug-likeness (QED) is 0.744. The van der Waals surface area contributed by atoms with Crippen LogP contribution in [0.15, 0.2) is 78.0 Å². The van der Waals surface area contributed by atoms with Gasteiger partial charge in [-0.1, -0.05) is 18.2 Å². The second-order valence-corrected chi connectivity index (χ2v) is 4.82. The molecule has 0 saturated heterocycles. The SMILES string of the molecule is COc1ccc(OC(=O)/N=c2\ccn(-c3ccccc3)nc2)cc1. The molecule has 2 aromatic carbocycles. The van der Waals surface area contributed by atoms with Gasteiger partial charge in [0.2, 0.25) is 0 Å². The Morgan fingerprint density at radius 2 is 1.71 bits per heavy atom. The molecule has 0 fully saturated rings. The van der Waals surface area contributed by atoms with Crippen molar-refractivity contribution in [2.24, 2.45) is 4.99 Å². The number of para-hydroxylation sites is 1. The molecular formula is C18H15N3O3. The van der Waals surface area contributed by atoms with Crippen molar-refractivity contribution in [2.75, 3.05) is 7.11 Å². The van der Waals surface area contributed by atoms with Crippen molar-refractivity contribution < 1.29 is 14.3 Å². The van der Waals surface area contributed by atoms with E-state index in [9.17, 15) is 4.79 Å². The summed E-state index contributed by atoms with van der Waals surface area (Å²) in [5.41, 5.74) is 0.921. The number of methoxy groups -OCH3 is 1. The molecule has 0 spiro atoms. The number of benzene rings is 2. The Bertz CT molecular complexity index is 867. The summed E-state index contributed by atoms with van der Waals surface area (Å²) in [6, 6.07) is 18.0. The van der Waals surface area contributed by atoms with Gasteiger partial charge in [0.25, 0.3) is 0 Å². The minimum absolute atomic E-state index is 0.396. The second kappa shape index (κ2) is 7.23. The topological polar surface area (TPSA) is 65.7 Å². The Hall–Kier alpha value is -3.41. The summed E-state index contributed by atoms with van der Waals surface area (Å²) in [4.78, 5) is 15.7. The van der Waals surface area contributed by atoms with E-state index in [0.717, 1.165) is 5.69 Å². The third-order valence-electron chi connectivity index (χ3n) is 3.21. The van der Waals surface area contributed by atoms with Crippen molar-refractivity contribution in [1.82, 2.24) is 9.78 Å². The highest BCUT2D eigenvalue weighted by Gasteiger charge is 2.02. The first-order valence-electron chi connectivity index (χ1n) is 7.25. The average Bonchev–Trinajstić information content (AvgIpc) is 2.64. The molecule has 0 saturated carbocycles. The third kappa shape index (κ3) is 3.86. The van der Waals surface area contributed by atoms with Crippen LogP contribution in [0.4, 0.5) is 4.79 Å². The van der Waals surface area contributed by atoms with Crippen LogP contribution in [-0.2, 0) is 0 Å². The molecule has 1 aromatic heterocycles. The molecule has 0 N–H and O–H groups in total. The van der Waals surface area contributed by atoms with Gasteiger partial charge in [0, 0.05) is 6.20 Å². The zero-order chi connectivity index (χ0) is 16.8. The van der Waals surface area contributed by atoms with E-state index in [2.05, 4.69) is 10.1 Å². The summed E-state index contributed by atoms with van der Waals surface area (Å²) in [5.74, 6) is 1.08. The number of hydrogen-bond donors (Lipinski definition) is 0. The maximum atomic E-state index is 11.8. The lowest BCUT2D eigenvalue weighted by molar-refractivity contribution is 0.210. The molecule has 0 unspecified atom stereocenters. The molecule has 6 heteroatoms. The zero-order valence-corrected chi connectivity index (χ0v) is 13.0. The van der Waals surface area contributed by atoms with Crippen molar-refractivity contribution in [3.05, 3.63) is 78.4 Å². The fourth-order valence-electron chi connectivity index (χ4n) is 2.02. The van der Waals surface area contributed by atoms with E-state index < -0.39 is 6.09 Å². The Kier molecular flexibility index (Phi) is 4.67. The van der Waals surface area contributed by atoms with Crippen LogP contribution in [0.5, 0.6) is 11.5 Å². The standard InChI is InChI=1S/C18H15N3O3/c1-23-16-7-9-17(10-8-16)24-18(22)20-14-11-12-21(19-13-14)15-5-3-2-4-6-15/h2-13H,1H3/b20-14+. The van der Waals surface area contributed by atoms with Crippen LogP contribution in [0.1, 0.15) is 0 Å². The molecule has 0 aliphatic heterocycles. The predicted octanol–water partition coefficient (Wildman–Crippen LogP) is 2.98. The van der Waals surface area contributed by atoms with Gasteiger partial charge >= 0.3 is 6.09 Å². The Morgan fingerprint density at radius 1 is 1.00 bits per heavy atom. The first kappa shape index (κ1) is 15.5. The lowest BCUT2D eigenvalue weighted by Crippen LogP contribution is -2.13. The molecule has 24 heavy (non-hydrogen) atoms. The van der Waals surface area contributed by atoms with Crippen LogP contribution in [0.25, 0.3) is 5.69 Å². The van der Waals surface area contributed by atoms with Crippen LogP contribution >= 0.6 is 0 Å². The molecule has 0 bridgehead atoms. The van der Waals surface area contributed by atoms with E-state index in [1.54, 1.807) is 48.3 Å². The number of carbonyl (C=O) groups excluding carboxylic acids is 1. The highest BCUT2D eigenvalue weighted by Crippen LogP contribution is 2.17. The summed E-state index contributed by atoms with van der Waals surface area (Å²) in [6.07, 6.45) is 2.52. The lowest BCUT2D eigenvalue weighted by Gasteiger charge is -2.04. The maximum absolute atomic E-state index is 11.8. The van der Waals surface area contributed by atoms with Crippen molar-refractivity contribution in [3.8, 4) is 17.2 Å². The van der Waals surface area contributed by atoms with Gasteiger partial charge in [-0.05, 0) is 42.5 Å². The Morgan fingerprint density at radius 3 is 2.33 bits per heavy atom. The van der Waals surface area contributed by atoms with E-state index in [-0.39, 0.29) is 0 Å². The van der Waals surface area contributed by atoms with E-state index in [1.807, 2.05) is 30.3 Å². The first-order valence-corrected chi connectivity index (χ1v) is 7.25. The normalized spacial score (nSPS) is 11.1. The molecule has 120 valence electrons. The summed E-state index contributed by atoms with van der Waals surface area (Å²) >= 11 is 0. The Labute approximate surface area is 138 Å². The zero-order valence-electron chi connectivity index (χ0n) is 13.0. The summed E-state index contributed by atoms with van der Waals surface area (Å²) in [7, 11) is 1.57. The molecule has 3 rings (SSSR count). The minimum Gasteiger partial charge on any atom is -0.497 e. The summed E-state index contributed by atoms with van der Waals surface area (Å²) < 4.78 is 11.9. The molecule has 6 nitrogen and oxygen atoms in total. The van der Waals surface area contributed by atoms with Crippen molar-refractivity contribution in [2.45, 2.75) is 0 Å².